The van der Waals surface area contributed by atoms with Crippen LogP contribution in [0.1, 0.15) is 19.4 Å². The Hall–Kier alpha value is 0.130. The summed E-state index contributed by atoms with van der Waals surface area (Å²) in [6.45, 7) is 5.69. The van der Waals surface area contributed by atoms with Crippen molar-refractivity contribution in [3.8, 4) is 5.75 Å². The summed E-state index contributed by atoms with van der Waals surface area (Å²) in [5.41, 5.74) is 0.834. The van der Waals surface area contributed by atoms with Crippen LogP contribution in [0.4, 0.5) is 0 Å². The normalized spacial score (nSPS) is 12.1. The molecule has 15 heavy (non-hydrogen) atoms. The van der Waals surface area contributed by atoms with Crippen molar-refractivity contribution in [1.29, 1.82) is 0 Å². The fourth-order valence-electron chi connectivity index (χ4n) is 1.11. The van der Waals surface area contributed by atoms with Crippen LogP contribution >= 0.6 is 0 Å². The zero-order chi connectivity index (χ0) is 10.7. The minimum Gasteiger partial charge on any atom is -0.768 e. The first-order chi connectivity index (χ1) is 6.50. The van der Waals surface area contributed by atoms with Gasteiger partial charge in [-0.1, -0.05) is 0 Å². The molecule has 0 saturated carbocycles. The fraction of sp³-hybridized carbons (Fsp3) is 0.400. The van der Waals surface area contributed by atoms with Crippen LogP contribution in [0.3, 0.4) is 0 Å². The van der Waals surface area contributed by atoms with Crippen LogP contribution in [-0.2, 0) is 11.1 Å². The third-order valence-electron chi connectivity index (χ3n) is 1.70. The van der Waals surface area contributed by atoms with Crippen molar-refractivity contribution in [2.45, 2.75) is 31.8 Å². The van der Waals surface area contributed by atoms with Gasteiger partial charge in [0.05, 0.1) is 6.10 Å². The zero-order valence-corrected chi connectivity index (χ0v) is 12.3. The molecule has 0 aromatic heterocycles. The molecule has 1 unspecified atom stereocenters. The van der Waals surface area contributed by atoms with Gasteiger partial charge in [-0.05, 0) is 55.6 Å². The maximum absolute atomic E-state index is 10.6. The number of aryl methyl sites for hydroxylation is 1. The molecule has 78 valence electrons. The van der Waals surface area contributed by atoms with Crippen LogP contribution < -0.4 is 34.3 Å². The van der Waals surface area contributed by atoms with Gasteiger partial charge in [0, 0.05) is 4.90 Å². The molecule has 0 aliphatic rings. The van der Waals surface area contributed by atoms with E-state index in [2.05, 4.69) is 0 Å². The van der Waals surface area contributed by atoms with E-state index in [0.29, 0.717) is 4.90 Å². The molecular weight excluding hydrogens is 223 g/mol. The Morgan fingerprint density at radius 3 is 2.40 bits per heavy atom. The van der Waals surface area contributed by atoms with E-state index in [4.69, 9.17) is 4.74 Å². The Morgan fingerprint density at radius 2 is 2.00 bits per heavy atom. The summed E-state index contributed by atoms with van der Waals surface area (Å²) in [6.07, 6.45) is 0.0947. The molecule has 0 saturated heterocycles. The predicted molar refractivity (Wildman–Crippen MR) is 54.1 cm³/mol. The molecule has 0 radical (unpaired) electrons. The fourth-order valence-corrected chi connectivity index (χ4v) is 1.56. The molecule has 0 spiro atoms. The molecule has 0 aliphatic carbocycles. The maximum atomic E-state index is 10.6. The molecule has 5 heteroatoms. The largest absolute Gasteiger partial charge is 1.00 e. The average Bonchev–Trinajstić information content (AvgIpc) is 2.07. The molecule has 0 aliphatic heterocycles. The number of hydrogen-bond acceptors (Lipinski definition) is 3. The van der Waals surface area contributed by atoms with E-state index in [1.165, 1.54) is 6.07 Å². The van der Waals surface area contributed by atoms with Gasteiger partial charge < -0.3 is 9.29 Å². The summed E-state index contributed by atoms with van der Waals surface area (Å²) >= 11 is -2.17. The quantitative estimate of drug-likeness (QED) is 0.501. The first kappa shape index (κ1) is 15.1. The Morgan fingerprint density at radius 1 is 1.40 bits per heavy atom. The Kier molecular flexibility index (Phi) is 6.71. The topological polar surface area (TPSA) is 49.4 Å². The predicted octanol–water partition coefficient (Wildman–Crippen LogP) is -0.976. The van der Waals surface area contributed by atoms with Crippen molar-refractivity contribution in [3.63, 3.8) is 0 Å². The van der Waals surface area contributed by atoms with Crippen molar-refractivity contribution >= 4 is 11.1 Å². The van der Waals surface area contributed by atoms with E-state index in [1.807, 2.05) is 20.8 Å². The molecule has 0 fully saturated rings. The summed E-state index contributed by atoms with van der Waals surface area (Å²) in [7, 11) is 0. The molecule has 0 N–H and O–H groups in total. The monoisotopic (exact) mass is 236 g/mol. The number of hydrogen-bond donors (Lipinski definition) is 0. The van der Waals surface area contributed by atoms with Gasteiger partial charge in [-0.2, -0.15) is 0 Å². The van der Waals surface area contributed by atoms with Crippen molar-refractivity contribution in [2.75, 3.05) is 0 Å². The molecule has 1 atom stereocenters. The summed E-state index contributed by atoms with van der Waals surface area (Å²) in [6, 6.07) is 4.81. The van der Waals surface area contributed by atoms with Crippen molar-refractivity contribution in [1.82, 2.24) is 0 Å². The Labute approximate surface area is 115 Å². The van der Waals surface area contributed by atoms with Gasteiger partial charge in [0.15, 0.2) is 0 Å². The van der Waals surface area contributed by atoms with Gasteiger partial charge in [-0.15, -0.1) is 0 Å². The molecule has 1 aromatic carbocycles. The van der Waals surface area contributed by atoms with Crippen LogP contribution in [0.25, 0.3) is 0 Å². The van der Waals surface area contributed by atoms with E-state index < -0.39 is 11.1 Å². The second-order valence-corrected chi connectivity index (χ2v) is 4.27. The second kappa shape index (κ2) is 6.66. The zero-order valence-electron chi connectivity index (χ0n) is 9.44. The number of benzene rings is 1. The molecule has 3 nitrogen and oxygen atoms in total. The van der Waals surface area contributed by atoms with E-state index in [9.17, 15) is 8.76 Å². The van der Waals surface area contributed by atoms with E-state index in [0.717, 1.165) is 11.3 Å². The van der Waals surface area contributed by atoms with Gasteiger partial charge in [-0.3, -0.25) is 4.21 Å². The average molecular weight is 236 g/mol. The van der Waals surface area contributed by atoms with Crippen LogP contribution in [-0.4, -0.2) is 14.9 Å². The maximum Gasteiger partial charge on any atom is 1.00 e. The van der Waals surface area contributed by atoms with Crippen molar-refractivity contribution in [2.24, 2.45) is 0 Å². The van der Waals surface area contributed by atoms with E-state index in [-0.39, 0.29) is 35.7 Å². The number of ether oxygens (including phenoxy) is 1. The van der Waals surface area contributed by atoms with Gasteiger partial charge in [0.25, 0.3) is 0 Å². The standard InChI is InChI=1S/C10H14O3S.Na/c1-7(2)13-10-5-4-9(14(11)12)6-8(10)3;/h4-7H,1-3H3,(H,11,12);/q;+1/p-1. The molecule has 1 aromatic rings. The molecule has 1 rings (SSSR count). The third kappa shape index (κ3) is 4.66. The minimum absolute atomic E-state index is 0. The molecule has 0 heterocycles. The smallest absolute Gasteiger partial charge is 0.768 e. The minimum atomic E-state index is -2.17. The number of rotatable bonds is 3. The van der Waals surface area contributed by atoms with Crippen molar-refractivity contribution in [3.05, 3.63) is 23.8 Å². The van der Waals surface area contributed by atoms with Gasteiger partial charge in [0.2, 0.25) is 0 Å². The summed E-state index contributed by atoms with van der Waals surface area (Å²) in [4.78, 5) is 0.290. The van der Waals surface area contributed by atoms with Crippen LogP contribution in [0.2, 0.25) is 0 Å². The first-order valence-electron chi connectivity index (χ1n) is 4.37. The van der Waals surface area contributed by atoms with Crippen LogP contribution in [0.15, 0.2) is 23.1 Å². The molecular formula is C10H13NaO3S. The summed E-state index contributed by atoms with van der Waals surface area (Å²) < 4.78 is 26.8. The van der Waals surface area contributed by atoms with E-state index in [1.54, 1.807) is 12.1 Å². The van der Waals surface area contributed by atoms with Crippen LogP contribution in [0.5, 0.6) is 5.75 Å². The third-order valence-corrected chi connectivity index (χ3v) is 2.34. The Balaban J connectivity index is 0.00000196. The molecule has 0 bridgehead atoms. The van der Waals surface area contributed by atoms with Gasteiger partial charge in [-0.25, -0.2) is 0 Å². The molecule has 0 amide bonds. The Bertz CT molecular complexity index is 353. The van der Waals surface area contributed by atoms with Crippen LogP contribution in [0, 0.1) is 6.92 Å². The summed E-state index contributed by atoms with van der Waals surface area (Å²) in [5.74, 6) is 0.731. The first-order valence-corrected chi connectivity index (χ1v) is 5.44. The second-order valence-electron chi connectivity index (χ2n) is 3.33. The van der Waals surface area contributed by atoms with Gasteiger partial charge in [0.1, 0.15) is 5.75 Å². The SMILES string of the molecule is Cc1cc(S(=O)[O-])ccc1OC(C)C.[Na+]. The van der Waals surface area contributed by atoms with Crippen molar-refractivity contribution < 1.29 is 43.1 Å². The summed E-state index contributed by atoms with van der Waals surface area (Å²) in [5, 5.41) is 0. The van der Waals surface area contributed by atoms with Gasteiger partial charge >= 0.3 is 29.6 Å². The van der Waals surface area contributed by atoms with E-state index >= 15 is 0 Å².